The highest BCUT2D eigenvalue weighted by Gasteiger charge is 2.17. The van der Waals surface area contributed by atoms with E-state index in [4.69, 9.17) is 0 Å². The molecular formula is C11H13BrN4O. The first-order valence-corrected chi connectivity index (χ1v) is 6.19. The third-order valence-electron chi connectivity index (χ3n) is 2.39. The largest absolute Gasteiger partial charge is 0.380 e. The maximum atomic E-state index is 10.2. The average Bonchev–Trinajstić information content (AvgIpc) is 2.78. The fourth-order valence-electron chi connectivity index (χ4n) is 1.56. The highest BCUT2D eigenvalue weighted by Crippen LogP contribution is 2.20. The Balaban J connectivity index is 2.26. The van der Waals surface area contributed by atoms with Gasteiger partial charge in [0.05, 0.1) is 17.6 Å². The minimum Gasteiger partial charge on any atom is -0.380 e. The van der Waals surface area contributed by atoms with Gasteiger partial charge in [0, 0.05) is 17.2 Å². The van der Waals surface area contributed by atoms with Crippen LogP contribution in [-0.4, -0.2) is 25.1 Å². The number of hydrogen-bond donors (Lipinski definition) is 1. The van der Waals surface area contributed by atoms with E-state index in [0.29, 0.717) is 11.4 Å². The van der Waals surface area contributed by atoms with Crippen molar-refractivity contribution in [3.63, 3.8) is 0 Å². The van der Waals surface area contributed by atoms with Gasteiger partial charge in [-0.15, -0.1) is 5.10 Å². The Morgan fingerprint density at radius 2 is 2.24 bits per heavy atom. The molecule has 0 saturated heterocycles. The van der Waals surface area contributed by atoms with Gasteiger partial charge in [0.1, 0.15) is 6.10 Å². The van der Waals surface area contributed by atoms with Crippen LogP contribution in [0.1, 0.15) is 30.8 Å². The molecule has 0 saturated carbocycles. The fraction of sp³-hybridized carbons (Fsp3) is 0.364. The maximum absolute atomic E-state index is 10.2. The van der Waals surface area contributed by atoms with Crippen molar-refractivity contribution in [2.45, 2.75) is 26.0 Å². The summed E-state index contributed by atoms with van der Waals surface area (Å²) in [6, 6.07) is 3.62. The summed E-state index contributed by atoms with van der Waals surface area (Å²) in [5, 5.41) is 18.0. The molecular weight excluding hydrogens is 284 g/mol. The Kier molecular flexibility index (Phi) is 3.86. The first-order valence-electron chi connectivity index (χ1n) is 5.40. The summed E-state index contributed by atoms with van der Waals surface area (Å²) in [7, 11) is 0. The number of nitrogens with zero attached hydrogens (tertiary/aromatic N) is 4. The van der Waals surface area contributed by atoms with E-state index < -0.39 is 6.10 Å². The van der Waals surface area contributed by atoms with E-state index in [-0.39, 0.29) is 0 Å². The number of pyridine rings is 1. The van der Waals surface area contributed by atoms with Crippen molar-refractivity contribution in [2.24, 2.45) is 0 Å². The minimum atomic E-state index is -0.787. The third kappa shape index (κ3) is 2.70. The molecule has 0 aliphatic heterocycles. The maximum Gasteiger partial charge on any atom is 0.139 e. The van der Waals surface area contributed by atoms with E-state index in [1.54, 1.807) is 23.1 Å². The second-order valence-electron chi connectivity index (χ2n) is 3.69. The molecule has 0 radical (unpaired) electrons. The molecule has 0 bridgehead atoms. The van der Waals surface area contributed by atoms with Crippen LogP contribution < -0.4 is 0 Å². The van der Waals surface area contributed by atoms with Crippen LogP contribution in [0, 0.1) is 0 Å². The Hall–Kier alpha value is -1.27. The molecule has 1 N–H and O–H groups in total. The average molecular weight is 297 g/mol. The molecule has 0 aromatic carbocycles. The SMILES string of the molecule is CCCn1nncc1C(O)c1ccc(Br)cn1. The monoisotopic (exact) mass is 296 g/mol. The topological polar surface area (TPSA) is 63.8 Å². The van der Waals surface area contributed by atoms with Crippen LogP contribution in [0.4, 0.5) is 0 Å². The quantitative estimate of drug-likeness (QED) is 0.936. The van der Waals surface area contributed by atoms with Gasteiger partial charge in [0.15, 0.2) is 0 Å². The molecule has 2 aromatic rings. The van der Waals surface area contributed by atoms with E-state index in [2.05, 4.69) is 38.1 Å². The van der Waals surface area contributed by atoms with Crippen molar-refractivity contribution in [1.82, 2.24) is 20.0 Å². The summed E-state index contributed by atoms with van der Waals surface area (Å²) in [5.74, 6) is 0. The lowest BCUT2D eigenvalue weighted by atomic mass is 10.2. The van der Waals surface area contributed by atoms with Crippen LogP contribution in [0.5, 0.6) is 0 Å². The van der Waals surface area contributed by atoms with Crippen molar-refractivity contribution >= 4 is 15.9 Å². The molecule has 6 heteroatoms. The van der Waals surface area contributed by atoms with Crippen LogP contribution in [0.2, 0.25) is 0 Å². The lowest BCUT2D eigenvalue weighted by Gasteiger charge is -2.11. The zero-order valence-electron chi connectivity index (χ0n) is 9.41. The highest BCUT2D eigenvalue weighted by atomic mass is 79.9. The number of hydrogen-bond acceptors (Lipinski definition) is 4. The predicted molar refractivity (Wildman–Crippen MR) is 66.3 cm³/mol. The molecule has 2 rings (SSSR count). The summed E-state index contributed by atoms with van der Waals surface area (Å²) in [5.41, 5.74) is 1.26. The van der Waals surface area contributed by atoms with E-state index in [9.17, 15) is 5.11 Å². The van der Waals surface area contributed by atoms with E-state index in [1.165, 1.54) is 0 Å². The standard InChI is InChI=1S/C11H13BrN4O/c1-2-5-16-10(7-14-15-16)11(17)9-4-3-8(12)6-13-9/h3-4,6-7,11,17H,2,5H2,1H3. The van der Waals surface area contributed by atoms with Gasteiger partial charge in [-0.2, -0.15) is 0 Å². The Morgan fingerprint density at radius 3 is 2.88 bits per heavy atom. The predicted octanol–water partition coefficient (Wildman–Crippen LogP) is 1.93. The van der Waals surface area contributed by atoms with E-state index in [0.717, 1.165) is 17.4 Å². The van der Waals surface area contributed by atoms with Gasteiger partial charge in [-0.1, -0.05) is 12.1 Å². The number of aromatic nitrogens is 4. The van der Waals surface area contributed by atoms with Crippen LogP contribution >= 0.6 is 15.9 Å². The minimum absolute atomic E-state index is 0.591. The molecule has 0 spiro atoms. The van der Waals surface area contributed by atoms with Gasteiger partial charge < -0.3 is 5.11 Å². The Morgan fingerprint density at radius 1 is 1.41 bits per heavy atom. The molecule has 0 aliphatic carbocycles. The zero-order valence-corrected chi connectivity index (χ0v) is 11.0. The lowest BCUT2D eigenvalue weighted by molar-refractivity contribution is 0.202. The number of aliphatic hydroxyl groups is 1. The number of aryl methyl sites for hydroxylation is 1. The summed E-state index contributed by atoms with van der Waals surface area (Å²) in [6.07, 6.45) is 3.39. The third-order valence-corrected chi connectivity index (χ3v) is 2.86. The number of rotatable bonds is 4. The van der Waals surface area contributed by atoms with Crippen molar-refractivity contribution in [3.05, 3.63) is 40.4 Å². The lowest BCUT2D eigenvalue weighted by Crippen LogP contribution is -2.11. The van der Waals surface area contributed by atoms with Crippen molar-refractivity contribution < 1.29 is 5.11 Å². The van der Waals surface area contributed by atoms with Crippen molar-refractivity contribution in [3.8, 4) is 0 Å². The normalized spacial score (nSPS) is 12.6. The molecule has 1 atom stereocenters. The van der Waals surface area contributed by atoms with Crippen LogP contribution in [0.25, 0.3) is 0 Å². The molecule has 0 amide bonds. The van der Waals surface area contributed by atoms with Crippen LogP contribution in [0.15, 0.2) is 29.0 Å². The van der Waals surface area contributed by atoms with Gasteiger partial charge in [-0.3, -0.25) is 4.98 Å². The van der Waals surface area contributed by atoms with E-state index in [1.807, 2.05) is 6.07 Å². The van der Waals surface area contributed by atoms with Crippen molar-refractivity contribution in [2.75, 3.05) is 0 Å². The molecule has 90 valence electrons. The molecule has 2 aromatic heterocycles. The van der Waals surface area contributed by atoms with Gasteiger partial charge in [0.2, 0.25) is 0 Å². The molecule has 0 fully saturated rings. The first kappa shape index (κ1) is 12.2. The van der Waals surface area contributed by atoms with Crippen LogP contribution in [0.3, 0.4) is 0 Å². The Bertz CT molecular complexity index is 482. The zero-order chi connectivity index (χ0) is 12.3. The molecule has 5 nitrogen and oxygen atoms in total. The van der Waals surface area contributed by atoms with Gasteiger partial charge >= 0.3 is 0 Å². The summed E-state index contributed by atoms with van der Waals surface area (Å²) in [6.45, 7) is 2.79. The number of halogens is 1. The smallest absolute Gasteiger partial charge is 0.139 e. The van der Waals surface area contributed by atoms with Gasteiger partial charge in [-0.05, 0) is 34.5 Å². The van der Waals surface area contributed by atoms with E-state index >= 15 is 0 Å². The van der Waals surface area contributed by atoms with Gasteiger partial charge in [-0.25, -0.2) is 4.68 Å². The number of aliphatic hydroxyl groups excluding tert-OH is 1. The van der Waals surface area contributed by atoms with Gasteiger partial charge in [0.25, 0.3) is 0 Å². The Labute approximate surface area is 108 Å². The molecule has 2 heterocycles. The van der Waals surface area contributed by atoms with Crippen LogP contribution in [-0.2, 0) is 6.54 Å². The summed E-state index contributed by atoms with van der Waals surface area (Å²) >= 11 is 3.31. The fourth-order valence-corrected chi connectivity index (χ4v) is 1.80. The second kappa shape index (κ2) is 5.37. The summed E-state index contributed by atoms with van der Waals surface area (Å²) < 4.78 is 2.59. The first-order chi connectivity index (χ1) is 8.22. The molecule has 17 heavy (non-hydrogen) atoms. The second-order valence-corrected chi connectivity index (χ2v) is 4.60. The molecule has 0 aliphatic rings. The van der Waals surface area contributed by atoms with Crippen molar-refractivity contribution in [1.29, 1.82) is 0 Å². The molecule has 1 unspecified atom stereocenters. The highest BCUT2D eigenvalue weighted by molar-refractivity contribution is 9.10. The summed E-state index contributed by atoms with van der Waals surface area (Å²) in [4.78, 5) is 4.17.